The molecule has 2 saturated carbocycles. The van der Waals surface area contributed by atoms with E-state index >= 15 is 0 Å². The summed E-state index contributed by atoms with van der Waals surface area (Å²) in [4.78, 5) is 31.5. The second-order valence-corrected chi connectivity index (χ2v) is 8.58. The van der Waals surface area contributed by atoms with E-state index in [4.69, 9.17) is 4.52 Å². The Balaban J connectivity index is 1.17. The molecule has 1 aromatic heterocycles. The van der Waals surface area contributed by atoms with E-state index in [1.165, 1.54) is 0 Å². The average molecular weight is 431 g/mol. The highest BCUT2D eigenvalue weighted by atomic mass is 16.5. The highest BCUT2D eigenvalue weighted by molar-refractivity contribution is 5.94. The number of aryl methyl sites for hydroxylation is 1. The number of aromatic nitrogens is 2. The van der Waals surface area contributed by atoms with Crippen molar-refractivity contribution in [3.8, 4) is 11.4 Å². The fourth-order valence-electron chi connectivity index (χ4n) is 3.68. The van der Waals surface area contributed by atoms with Gasteiger partial charge < -0.3 is 14.7 Å². The number of hydrogen-bond donors (Lipinski definition) is 1. The van der Waals surface area contributed by atoms with Crippen LogP contribution in [0.1, 0.15) is 53.9 Å². The van der Waals surface area contributed by atoms with Gasteiger partial charge in [-0.2, -0.15) is 4.98 Å². The van der Waals surface area contributed by atoms with Gasteiger partial charge in [-0.05, 0) is 43.4 Å². The smallest absolute Gasteiger partial charge is 0.251 e. The number of amides is 2. The number of hydrogen-bond acceptors (Lipinski definition) is 5. The first kappa shape index (κ1) is 20.4. The second kappa shape index (κ2) is 8.94. The predicted octanol–water partition coefficient (Wildman–Crippen LogP) is 3.75. The molecule has 164 valence electrons. The monoisotopic (exact) mass is 430 g/mol. The van der Waals surface area contributed by atoms with Gasteiger partial charge in [-0.25, -0.2) is 0 Å². The fourth-order valence-corrected chi connectivity index (χ4v) is 3.68. The molecule has 2 aromatic carbocycles. The number of nitrogens with zero attached hydrogens (tertiary/aromatic N) is 3. The zero-order chi connectivity index (χ0) is 21.9. The lowest BCUT2D eigenvalue weighted by molar-refractivity contribution is -0.132. The summed E-state index contributed by atoms with van der Waals surface area (Å²) in [5.41, 5.74) is 2.58. The van der Waals surface area contributed by atoms with Gasteiger partial charge in [0.05, 0.1) is 0 Å². The second-order valence-electron chi connectivity index (χ2n) is 8.58. The summed E-state index contributed by atoms with van der Waals surface area (Å²) in [5, 5.41) is 7.02. The van der Waals surface area contributed by atoms with Gasteiger partial charge in [-0.3, -0.25) is 9.59 Å². The molecule has 3 aromatic rings. The van der Waals surface area contributed by atoms with Gasteiger partial charge in [0.15, 0.2) is 0 Å². The summed E-state index contributed by atoms with van der Waals surface area (Å²) in [6.45, 7) is 0.549. The van der Waals surface area contributed by atoms with Crippen molar-refractivity contribution in [3.05, 3.63) is 71.6 Å². The lowest BCUT2D eigenvalue weighted by atomic mass is 10.1. The molecule has 2 amide bonds. The van der Waals surface area contributed by atoms with Crippen molar-refractivity contribution in [2.24, 2.45) is 0 Å². The third-order valence-corrected chi connectivity index (χ3v) is 5.84. The standard InChI is InChI=1S/C25H26N4O3/c30-23(15-14-22-27-24(28-32-22)18-4-2-1-3-5-18)29(21-12-13-21)16-17-6-8-19(9-7-17)25(31)26-20-10-11-20/h1-9,20-21H,10-16H2,(H,26,31). The largest absolute Gasteiger partial charge is 0.349 e. The lowest BCUT2D eigenvalue weighted by Crippen LogP contribution is -2.32. The summed E-state index contributed by atoms with van der Waals surface area (Å²) < 4.78 is 5.34. The summed E-state index contributed by atoms with van der Waals surface area (Å²) in [6.07, 6.45) is 4.95. The highest BCUT2D eigenvalue weighted by Gasteiger charge is 2.32. The molecule has 2 fully saturated rings. The molecule has 1 N–H and O–H groups in total. The minimum atomic E-state index is -0.0244. The van der Waals surface area contributed by atoms with E-state index in [1.54, 1.807) is 0 Å². The molecule has 5 rings (SSSR count). The lowest BCUT2D eigenvalue weighted by Gasteiger charge is -2.22. The van der Waals surface area contributed by atoms with Gasteiger partial charge in [0.1, 0.15) is 0 Å². The van der Waals surface area contributed by atoms with E-state index < -0.39 is 0 Å². The Labute approximate surface area is 186 Å². The van der Waals surface area contributed by atoms with E-state index in [9.17, 15) is 9.59 Å². The van der Waals surface area contributed by atoms with Crippen molar-refractivity contribution in [2.75, 3.05) is 0 Å². The zero-order valence-electron chi connectivity index (χ0n) is 17.9. The predicted molar refractivity (Wildman–Crippen MR) is 119 cm³/mol. The van der Waals surface area contributed by atoms with Crippen LogP contribution in [0.15, 0.2) is 59.1 Å². The third kappa shape index (κ3) is 5.04. The van der Waals surface area contributed by atoms with Crippen LogP contribution < -0.4 is 5.32 Å². The Bertz CT molecular complexity index is 1090. The molecular formula is C25H26N4O3. The molecule has 32 heavy (non-hydrogen) atoms. The van der Waals surface area contributed by atoms with Crippen molar-refractivity contribution >= 4 is 11.8 Å². The highest BCUT2D eigenvalue weighted by Crippen LogP contribution is 2.29. The van der Waals surface area contributed by atoms with E-state index in [0.717, 1.165) is 36.8 Å². The molecule has 0 saturated heterocycles. The topological polar surface area (TPSA) is 88.3 Å². The molecule has 0 spiro atoms. The SMILES string of the molecule is O=C(NC1CC1)c1ccc(CN(C(=O)CCc2nc(-c3ccccc3)no2)C2CC2)cc1. The van der Waals surface area contributed by atoms with Crippen LogP contribution in [-0.4, -0.2) is 38.9 Å². The maximum atomic E-state index is 13.0. The van der Waals surface area contributed by atoms with Gasteiger partial charge in [0.25, 0.3) is 5.91 Å². The quantitative estimate of drug-likeness (QED) is 0.559. The zero-order valence-corrected chi connectivity index (χ0v) is 17.9. The fraction of sp³-hybridized carbons (Fsp3) is 0.360. The number of carbonyl (C=O) groups excluding carboxylic acids is 2. The van der Waals surface area contributed by atoms with Gasteiger partial charge in [-0.1, -0.05) is 47.6 Å². The van der Waals surface area contributed by atoms with Crippen LogP contribution >= 0.6 is 0 Å². The summed E-state index contributed by atoms with van der Waals surface area (Å²) in [7, 11) is 0. The van der Waals surface area contributed by atoms with Crippen molar-refractivity contribution < 1.29 is 14.1 Å². The van der Waals surface area contributed by atoms with E-state index in [1.807, 2.05) is 59.5 Å². The van der Waals surface area contributed by atoms with Crippen LogP contribution in [0.25, 0.3) is 11.4 Å². The summed E-state index contributed by atoms with van der Waals surface area (Å²) in [5.74, 6) is 1.07. The maximum Gasteiger partial charge on any atom is 0.251 e. The molecule has 1 heterocycles. The van der Waals surface area contributed by atoms with Gasteiger partial charge >= 0.3 is 0 Å². The molecule has 0 atom stereocenters. The number of rotatable bonds is 9. The van der Waals surface area contributed by atoms with Gasteiger partial charge in [0.2, 0.25) is 17.6 Å². The van der Waals surface area contributed by atoms with Gasteiger partial charge in [0, 0.05) is 42.6 Å². The molecule has 0 aliphatic heterocycles. The Kier molecular flexibility index (Phi) is 5.71. The molecule has 7 nitrogen and oxygen atoms in total. The molecule has 0 radical (unpaired) electrons. The van der Waals surface area contributed by atoms with Crippen LogP contribution in [0.3, 0.4) is 0 Å². The van der Waals surface area contributed by atoms with Crippen LogP contribution in [0.4, 0.5) is 0 Å². The Hall–Kier alpha value is -3.48. The Morgan fingerprint density at radius 3 is 2.44 bits per heavy atom. The Morgan fingerprint density at radius 1 is 1.00 bits per heavy atom. The van der Waals surface area contributed by atoms with Crippen molar-refractivity contribution in [1.29, 1.82) is 0 Å². The van der Waals surface area contributed by atoms with Gasteiger partial charge in [-0.15, -0.1) is 0 Å². The first-order chi connectivity index (χ1) is 15.7. The first-order valence-electron chi connectivity index (χ1n) is 11.2. The molecular weight excluding hydrogens is 404 g/mol. The van der Waals surface area contributed by atoms with Crippen LogP contribution in [0.5, 0.6) is 0 Å². The third-order valence-electron chi connectivity index (χ3n) is 5.84. The molecule has 0 bridgehead atoms. The van der Waals surface area contributed by atoms with Crippen LogP contribution in [0.2, 0.25) is 0 Å². The van der Waals surface area contributed by atoms with E-state index in [-0.39, 0.29) is 11.8 Å². The summed E-state index contributed by atoms with van der Waals surface area (Å²) in [6, 6.07) is 17.8. The minimum absolute atomic E-state index is 0.0244. The number of benzene rings is 2. The maximum absolute atomic E-state index is 13.0. The van der Waals surface area contributed by atoms with Crippen LogP contribution in [-0.2, 0) is 17.8 Å². The van der Waals surface area contributed by atoms with Crippen molar-refractivity contribution in [1.82, 2.24) is 20.4 Å². The molecule has 7 heteroatoms. The molecule has 0 unspecified atom stereocenters. The number of nitrogens with one attached hydrogen (secondary N) is 1. The molecule has 2 aliphatic carbocycles. The van der Waals surface area contributed by atoms with E-state index in [0.29, 0.717) is 48.7 Å². The summed E-state index contributed by atoms with van der Waals surface area (Å²) >= 11 is 0. The molecule has 2 aliphatic rings. The number of carbonyl (C=O) groups is 2. The van der Waals surface area contributed by atoms with Crippen LogP contribution in [0, 0.1) is 0 Å². The van der Waals surface area contributed by atoms with Crippen molar-refractivity contribution in [3.63, 3.8) is 0 Å². The minimum Gasteiger partial charge on any atom is -0.349 e. The van der Waals surface area contributed by atoms with Crippen molar-refractivity contribution in [2.45, 2.75) is 57.2 Å². The Morgan fingerprint density at radius 2 is 1.75 bits per heavy atom. The first-order valence-corrected chi connectivity index (χ1v) is 11.2. The van der Waals surface area contributed by atoms with E-state index in [2.05, 4.69) is 15.5 Å². The normalized spacial score (nSPS) is 15.4. The average Bonchev–Trinajstić information content (AvgIpc) is 3.76.